The average molecular weight is 709 g/mol. The van der Waals surface area contributed by atoms with E-state index in [1.807, 2.05) is 13.0 Å². The number of anilines is 1. The molecule has 0 unspecified atom stereocenters. The third-order valence-electron chi connectivity index (χ3n) is 9.40. The van der Waals surface area contributed by atoms with Crippen LogP contribution in [0.1, 0.15) is 39.2 Å². The fourth-order valence-corrected chi connectivity index (χ4v) is 6.55. The third kappa shape index (κ3) is 8.03. The lowest BCUT2D eigenvalue weighted by atomic mass is 9.83. The molecular formula is C33H45ClN4O11. The van der Waals surface area contributed by atoms with Crippen LogP contribution in [0.25, 0.3) is 0 Å². The number of carbonyl (C=O) groups is 4. The van der Waals surface area contributed by atoms with Crippen LogP contribution in [-0.4, -0.2) is 116 Å². The van der Waals surface area contributed by atoms with Crippen LogP contribution >= 0.6 is 11.6 Å². The predicted molar refractivity (Wildman–Crippen MR) is 177 cm³/mol. The van der Waals surface area contributed by atoms with E-state index in [2.05, 4.69) is 5.32 Å². The van der Waals surface area contributed by atoms with Gasteiger partial charge in [0.15, 0.2) is 11.9 Å². The van der Waals surface area contributed by atoms with Crippen LogP contribution in [0.4, 0.5) is 10.5 Å². The molecule has 1 aromatic rings. The second-order valence-electron chi connectivity index (χ2n) is 12.8. The van der Waals surface area contributed by atoms with Gasteiger partial charge in [-0.2, -0.15) is 0 Å². The lowest BCUT2D eigenvalue weighted by molar-refractivity contribution is -0.163. The molecule has 2 fully saturated rings. The van der Waals surface area contributed by atoms with Crippen LogP contribution in [0, 0.1) is 5.92 Å². The van der Waals surface area contributed by atoms with Gasteiger partial charge in [0, 0.05) is 33.5 Å². The number of benzene rings is 1. The summed E-state index contributed by atoms with van der Waals surface area (Å²) in [5.41, 5.74) is 4.86. The molecule has 0 aromatic heterocycles. The van der Waals surface area contributed by atoms with Gasteiger partial charge in [0.05, 0.1) is 25.3 Å². The standard InChI is InChI=1S/C33H45ClN4O11/c1-17-9-8-10-23(46-7)33(44)15-22(47-31(43)36-33)18(2)28-32(3,49-28)24(48-30(42)29(35)38(5)26(41)16-39)14-25(40)37(4)20-12-19(11-17)13-21(45-6)27(20)34/h8-10,12-13,18,22-24,28-29,39,44H,11,14-16,35H2,1-7H3,(H,36,43)/b10-8+,17-9+/t18-,22+,23-,24+,28+,29-,32+,33+/m1/s1. The maximum atomic E-state index is 13.9. The number of hydrogen-bond donors (Lipinski definition) is 4. The normalized spacial score (nSPS) is 32.8. The maximum Gasteiger partial charge on any atom is 0.409 e. The molecule has 0 aliphatic carbocycles. The van der Waals surface area contributed by atoms with Gasteiger partial charge in [0.1, 0.15) is 41.3 Å². The Labute approximate surface area is 289 Å². The number of allylic oxidation sites excluding steroid dienone is 3. The van der Waals surface area contributed by atoms with Crippen molar-refractivity contribution < 1.29 is 53.1 Å². The predicted octanol–water partition coefficient (Wildman–Crippen LogP) is 1.40. The largest absolute Gasteiger partial charge is 0.495 e. The van der Waals surface area contributed by atoms with E-state index in [0.29, 0.717) is 17.9 Å². The van der Waals surface area contributed by atoms with Crippen molar-refractivity contribution in [3.8, 4) is 5.75 Å². The molecule has 15 nitrogen and oxygen atoms in total. The van der Waals surface area contributed by atoms with Gasteiger partial charge in [-0.3, -0.25) is 14.9 Å². The minimum absolute atomic E-state index is 0.0867. The van der Waals surface area contributed by atoms with E-state index in [9.17, 15) is 29.4 Å². The van der Waals surface area contributed by atoms with Crippen molar-refractivity contribution in [1.29, 1.82) is 0 Å². The Morgan fingerprint density at radius 3 is 2.61 bits per heavy atom. The van der Waals surface area contributed by atoms with Crippen LogP contribution in [0.15, 0.2) is 35.9 Å². The average Bonchev–Trinajstić information content (AvgIpc) is 3.76. The molecular weight excluding hydrogens is 664 g/mol. The fraction of sp³-hybridized carbons (Fsp3) is 0.576. The number of aliphatic hydroxyl groups excluding tert-OH is 1. The number of likely N-dealkylation sites (N-methyl/N-ethyl adjacent to an activating group) is 1. The van der Waals surface area contributed by atoms with E-state index in [0.717, 1.165) is 16.0 Å². The molecule has 4 bridgehead atoms. The minimum Gasteiger partial charge on any atom is -0.495 e. The van der Waals surface area contributed by atoms with Crippen molar-refractivity contribution in [2.45, 2.75) is 81.9 Å². The van der Waals surface area contributed by atoms with E-state index >= 15 is 0 Å². The molecule has 3 heterocycles. The number of ether oxygens (including phenoxy) is 5. The quantitative estimate of drug-likeness (QED) is 0.188. The second-order valence-corrected chi connectivity index (χ2v) is 13.2. The number of amides is 3. The van der Waals surface area contributed by atoms with Gasteiger partial charge >= 0.3 is 12.1 Å². The lowest BCUT2D eigenvalue weighted by Crippen LogP contribution is -2.63. The molecule has 3 amide bonds. The summed E-state index contributed by atoms with van der Waals surface area (Å²) < 4.78 is 28.6. The molecule has 2 saturated heterocycles. The van der Waals surface area contributed by atoms with Gasteiger partial charge in [-0.25, -0.2) is 9.59 Å². The van der Waals surface area contributed by atoms with Crippen LogP contribution in [0.3, 0.4) is 0 Å². The number of rotatable bonds is 6. The number of nitrogens with one attached hydrogen (secondary N) is 1. The smallest absolute Gasteiger partial charge is 0.409 e. The summed E-state index contributed by atoms with van der Waals surface area (Å²) >= 11 is 6.69. The molecule has 16 heteroatoms. The van der Waals surface area contributed by atoms with Crippen molar-refractivity contribution in [3.63, 3.8) is 0 Å². The highest BCUT2D eigenvalue weighted by atomic mass is 35.5. The molecule has 0 spiro atoms. The second kappa shape index (κ2) is 15.0. The SMILES string of the molecule is COc1cc2cc(c1Cl)N(C)C(=O)C[C@H](OC(=O)[C@H](N)N(C)C(=O)CO)[C@]1(C)O[C@H]1[C@H](C)[C@@H]1C[C@@](O)(NC(=O)O1)[C@H](OC)/C=C/C=C(\C)C2. The van der Waals surface area contributed by atoms with Gasteiger partial charge < -0.3 is 49.4 Å². The number of carbonyl (C=O) groups excluding carboxylic acids is 4. The number of aliphatic hydroxyl groups is 2. The van der Waals surface area contributed by atoms with E-state index in [1.54, 1.807) is 38.1 Å². The number of methoxy groups -OCH3 is 2. The molecule has 8 atom stereocenters. The molecule has 5 N–H and O–H groups in total. The number of esters is 1. The first-order chi connectivity index (χ1) is 23.0. The van der Waals surface area contributed by atoms with Gasteiger partial charge in [-0.15, -0.1) is 0 Å². The van der Waals surface area contributed by atoms with Crippen molar-refractivity contribution in [2.75, 3.05) is 39.8 Å². The third-order valence-corrected chi connectivity index (χ3v) is 9.78. The Morgan fingerprint density at radius 2 is 1.98 bits per heavy atom. The van der Waals surface area contributed by atoms with E-state index in [-0.39, 0.29) is 11.4 Å². The summed E-state index contributed by atoms with van der Waals surface area (Å²) in [6, 6.07) is 3.51. The monoisotopic (exact) mass is 708 g/mol. The topological polar surface area (TPSA) is 203 Å². The molecule has 4 rings (SSSR count). The number of epoxide rings is 1. The molecule has 270 valence electrons. The lowest BCUT2D eigenvalue weighted by Gasteiger charge is -2.42. The van der Waals surface area contributed by atoms with Crippen molar-refractivity contribution in [1.82, 2.24) is 10.2 Å². The zero-order valence-corrected chi connectivity index (χ0v) is 29.4. The van der Waals surface area contributed by atoms with Crippen molar-refractivity contribution in [2.24, 2.45) is 11.7 Å². The fourth-order valence-electron chi connectivity index (χ4n) is 6.24. The highest BCUT2D eigenvalue weighted by Gasteiger charge is 2.64. The van der Waals surface area contributed by atoms with Crippen molar-refractivity contribution >= 4 is 41.2 Å². The molecule has 49 heavy (non-hydrogen) atoms. The highest BCUT2D eigenvalue weighted by Crippen LogP contribution is 2.49. The van der Waals surface area contributed by atoms with Gasteiger partial charge in [-0.05, 0) is 38.0 Å². The Morgan fingerprint density at radius 1 is 1.29 bits per heavy atom. The zero-order valence-electron chi connectivity index (χ0n) is 28.6. The Hall–Kier alpha value is -3.73. The Balaban J connectivity index is 1.79. The van der Waals surface area contributed by atoms with E-state index < -0.39 is 84.7 Å². The summed E-state index contributed by atoms with van der Waals surface area (Å²) in [4.78, 5) is 54.2. The van der Waals surface area contributed by atoms with Gasteiger partial charge in [0.2, 0.25) is 11.8 Å². The first kappa shape index (κ1) is 38.1. The number of hydrogen-bond acceptors (Lipinski definition) is 12. The molecule has 3 aliphatic heterocycles. The molecule has 3 aliphatic rings. The summed E-state index contributed by atoms with van der Waals surface area (Å²) in [5, 5.41) is 23.6. The van der Waals surface area contributed by atoms with E-state index in [4.69, 9.17) is 41.0 Å². The number of fused-ring (bicyclic) bond motifs is 5. The maximum absolute atomic E-state index is 13.9. The zero-order chi connectivity index (χ0) is 36.4. The molecule has 1 aromatic carbocycles. The molecule has 0 saturated carbocycles. The first-order valence-corrected chi connectivity index (χ1v) is 16.1. The minimum atomic E-state index is -1.85. The Bertz CT molecular complexity index is 1520. The van der Waals surface area contributed by atoms with Crippen LogP contribution in [0.2, 0.25) is 5.02 Å². The summed E-state index contributed by atoms with van der Waals surface area (Å²) in [7, 11) is 5.62. The van der Waals surface area contributed by atoms with E-state index in [1.165, 1.54) is 33.2 Å². The van der Waals surface area contributed by atoms with Crippen LogP contribution in [-0.2, 0) is 39.8 Å². The number of nitrogens with two attached hydrogens (primary N) is 1. The highest BCUT2D eigenvalue weighted by molar-refractivity contribution is 6.35. The summed E-state index contributed by atoms with van der Waals surface area (Å²) in [6.07, 6.45) is -1.18. The first-order valence-electron chi connectivity index (χ1n) is 15.7. The van der Waals surface area contributed by atoms with Crippen LogP contribution < -0.4 is 20.7 Å². The van der Waals surface area contributed by atoms with Crippen molar-refractivity contribution in [3.05, 3.63) is 46.5 Å². The number of alkyl carbamates (subject to hydrolysis) is 1. The van der Waals surface area contributed by atoms with Crippen LogP contribution in [0.5, 0.6) is 5.75 Å². The summed E-state index contributed by atoms with van der Waals surface area (Å²) in [5.74, 6) is -2.62. The molecule has 0 radical (unpaired) electrons. The van der Waals surface area contributed by atoms with Gasteiger partial charge in [-0.1, -0.05) is 42.3 Å². The number of halogens is 1. The number of nitrogens with zero attached hydrogens (tertiary/aromatic N) is 2. The Kier molecular flexibility index (Phi) is 11.7. The summed E-state index contributed by atoms with van der Waals surface area (Å²) in [6.45, 7) is 4.39. The van der Waals surface area contributed by atoms with Gasteiger partial charge in [0.25, 0.3) is 0 Å².